The molecule has 0 unspecified atom stereocenters. The third kappa shape index (κ3) is 9.26. The third-order valence-electron chi connectivity index (χ3n) is 2.67. The summed E-state index contributed by atoms with van der Waals surface area (Å²) in [6.07, 6.45) is 2.41. The Labute approximate surface area is 149 Å². The average Bonchev–Trinajstić information content (AvgIpc) is 2.97. The van der Waals surface area contributed by atoms with Crippen LogP contribution in [-0.2, 0) is 16.4 Å². The highest BCUT2D eigenvalue weighted by molar-refractivity contribution is 14.0. The van der Waals surface area contributed by atoms with Gasteiger partial charge >= 0.3 is 0 Å². The number of rotatable bonds is 9. The zero-order valence-electron chi connectivity index (χ0n) is 13.0. The molecule has 0 amide bonds. The van der Waals surface area contributed by atoms with Crippen LogP contribution in [0.2, 0.25) is 0 Å². The van der Waals surface area contributed by atoms with E-state index in [0.29, 0.717) is 25.6 Å². The molecule has 22 heavy (non-hydrogen) atoms. The van der Waals surface area contributed by atoms with E-state index < -0.39 is 10.0 Å². The molecule has 128 valence electrons. The predicted octanol–water partition coefficient (Wildman–Crippen LogP) is 0.935. The smallest absolute Gasteiger partial charge is 0.211 e. The Kier molecular flexibility index (Phi) is 11.3. The average molecular weight is 444 g/mol. The molecule has 1 heterocycles. The second-order valence-electron chi connectivity index (χ2n) is 4.31. The van der Waals surface area contributed by atoms with Crippen molar-refractivity contribution in [3.05, 3.63) is 24.2 Å². The van der Waals surface area contributed by atoms with Crippen LogP contribution in [0.4, 0.5) is 0 Å². The second kappa shape index (κ2) is 11.7. The van der Waals surface area contributed by atoms with Crippen LogP contribution in [0.15, 0.2) is 27.8 Å². The summed E-state index contributed by atoms with van der Waals surface area (Å²) in [5, 5.41) is 6.28. The minimum Gasteiger partial charge on any atom is -0.469 e. The van der Waals surface area contributed by atoms with Crippen LogP contribution >= 0.6 is 24.0 Å². The highest BCUT2D eigenvalue weighted by atomic mass is 127. The Morgan fingerprint density at radius 1 is 1.27 bits per heavy atom. The van der Waals surface area contributed by atoms with Crippen LogP contribution in [0.3, 0.4) is 0 Å². The summed E-state index contributed by atoms with van der Waals surface area (Å²) in [5.74, 6) is 1.66. The van der Waals surface area contributed by atoms with Gasteiger partial charge in [0.1, 0.15) is 5.76 Å². The Bertz CT molecular complexity index is 517. The number of nitrogens with one attached hydrogen (secondary N) is 3. The molecule has 0 aliphatic carbocycles. The number of aliphatic imine (C=N–C) groups is 1. The molecule has 7 nitrogen and oxygen atoms in total. The first-order valence-corrected chi connectivity index (χ1v) is 8.74. The van der Waals surface area contributed by atoms with Crippen LogP contribution in [0.25, 0.3) is 0 Å². The van der Waals surface area contributed by atoms with E-state index in [4.69, 9.17) is 4.42 Å². The van der Waals surface area contributed by atoms with Gasteiger partial charge in [0, 0.05) is 26.1 Å². The molecule has 0 saturated heterocycles. The van der Waals surface area contributed by atoms with Crippen molar-refractivity contribution in [3.63, 3.8) is 0 Å². The minimum atomic E-state index is -3.15. The van der Waals surface area contributed by atoms with Crippen molar-refractivity contribution >= 4 is 40.0 Å². The van der Waals surface area contributed by atoms with Crippen LogP contribution in [0.5, 0.6) is 0 Å². The van der Waals surface area contributed by atoms with Crippen molar-refractivity contribution < 1.29 is 12.8 Å². The zero-order chi connectivity index (χ0) is 15.6. The standard InChI is InChI=1S/C13H24N4O3S.HI/c1-3-14-13(15-8-7-12-6-5-11-20-12)16-9-10-17-21(18,19)4-2;/h5-6,11,17H,3-4,7-10H2,1-2H3,(H2,14,15,16);1H. The fourth-order valence-corrected chi connectivity index (χ4v) is 2.18. The van der Waals surface area contributed by atoms with E-state index in [1.165, 1.54) is 0 Å². The van der Waals surface area contributed by atoms with Crippen LogP contribution in [0.1, 0.15) is 19.6 Å². The summed E-state index contributed by atoms with van der Waals surface area (Å²) < 4.78 is 30.3. The lowest BCUT2D eigenvalue weighted by molar-refractivity contribution is 0.507. The van der Waals surface area contributed by atoms with Gasteiger partial charge in [0.2, 0.25) is 10.0 Å². The first kappa shape index (κ1) is 21.2. The Morgan fingerprint density at radius 3 is 2.64 bits per heavy atom. The Hall–Kier alpha value is -0.810. The molecule has 1 aromatic heterocycles. The molecule has 9 heteroatoms. The maximum absolute atomic E-state index is 11.3. The second-order valence-corrected chi connectivity index (χ2v) is 6.41. The summed E-state index contributed by atoms with van der Waals surface area (Å²) in [5.41, 5.74) is 0. The molecule has 0 spiro atoms. The molecule has 0 radical (unpaired) electrons. The normalized spacial score (nSPS) is 11.8. The molecule has 0 bridgehead atoms. The Balaban J connectivity index is 0.00000441. The highest BCUT2D eigenvalue weighted by Gasteiger charge is 2.04. The van der Waals surface area contributed by atoms with Crippen molar-refractivity contribution in [2.75, 3.05) is 31.9 Å². The molecule has 0 aromatic carbocycles. The van der Waals surface area contributed by atoms with E-state index in [2.05, 4.69) is 20.3 Å². The Morgan fingerprint density at radius 2 is 2.05 bits per heavy atom. The summed E-state index contributed by atoms with van der Waals surface area (Å²) >= 11 is 0. The van der Waals surface area contributed by atoms with Gasteiger partial charge in [-0.05, 0) is 26.0 Å². The molecular weight excluding hydrogens is 419 g/mol. The maximum Gasteiger partial charge on any atom is 0.211 e. The van der Waals surface area contributed by atoms with Crippen molar-refractivity contribution in [1.82, 2.24) is 15.4 Å². The van der Waals surface area contributed by atoms with Gasteiger partial charge < -0.3 is 15.1 Å². The van der Waals surface area contributed by atoms with E-state index in [1.807, 2.05) is 19.1 Å². The number of guanidine groups is 1. The maximum atomic E-state index is 11.3. The quantitative estimate of drug-likeness (QED) is 0.228. The van der Waals surface area contributed by atoms with E-state index >= 15 is 0 Å². The van der Waals surface area contributed by atoms with Gasteiger partial charge in [-0.1, -0.05) is 0 Å². The fourth-order valence-electron chi connectivity index (χ4n) is 1.57. The van der Waals surface area contributed by atoms with Gasteiger partial charge in [0.25, 0.3) is 0 Å². The number of nitrogens with zero attached hydrogens (tertiary/aromatic N) is 1. The third-order valence-corrected chi connectivity index (χ3v) is 4.08. The van der Waals surface area contributed by atoms with E-state index in [0.717, 1.165) is 18.7 Å². The van der Waals surface area contributed by atoms with Crippen LogP contribution in [-0.4, -0.2) is 46.3 Å². The molecule has 0 saturated carbocycles. The first-order valence-electron chi connectivity index (χ1n) is 7.09. The fraction of sp³-hybridized carbons (Fsp3) is 0.615. The van der Waals surface area contributed by atoms with Gasteiger partial charge in [-0.3, -0.25) is 4.99 Å². The number of furan rings is 1. The number of hydrogen-bond donors (Lipinski definition) is 3. The van der Waals surface area contributed by atoms with Gasteiger partial charge in [0.15, 0.2) is 5.96 Å². The lowest BCUT2D eigenvalue weighted by Crippen LogP contribution is -2.39. The topological polar surface area (TPSA) is 95.7 Å². The molecule has 1 rings (SSSR count). The molecule has 3 N–H and O–H groups in total. The summed E-state index contributed by atoms with van der Waals surface area (Å²) in [4.78, 5) is 4.31. The molecule has 1 aromatic rings. The molecular formula is C13H25IN4O3S. The summed E-state index contributed by atoms with van der Waals surface area (Å²) in [7, 11) is -3.15. The number of halogens is 1. The SMILES string of the molecule is CCNC(=NCCNS(=O)(=O)CC)NCCc1ccco1.I. The number of hydrogen-bond acceptors (Lipinski definition) is 4. The van der Waals surface area contributed by atoms with E-state index in [1.54, 1.807) is 13.2 Å². The van der Waals surface area contributed by atoms with E-state index in [9.17, 15) is 8.42 Å². The predicted molar refractivity (Wildman–Crippen MR) is 99.3 cm³/mol. The van der Waals surface area contributed by atoms with Crippen molar-refractivity contribution in [2.24, 2.45) is 4.99 Å². The summed E-state index contributed by atoms with van der Waals surface area (Å²) in [6.45, 7) is 5.70. The van der Waals surface area contributed by atoms with Crippen molar-refractivity contribution in [2.45, 2.75) is 20.3 Å². The lowest BCUT2D eigenvalue weighted by atomic mass is 10.3. The monoisotopic (exact) mass is 444 g/mol. The number of sulfonamides is 1. The van der Waals surface area contributed by atoms with Gasteiger partial charge in [-0.2, -0.15) is 0 Å². The van der Waals surface area contributed by atoms with Gasteiger partial charge in [0.05, 0.1) is 18.6 Å². The van der Waals surface area contributed by atoms with Gasteiger partial charge in [-0.25, -0.2) is 13.1 Å². The highest BCUT2D eigenvalue weighted by Crippen LogP contribution is 1.99. The zero-order valence-corrected chi connectivity index (χ0v) is 16.1. The molecule has 0 aliphatic rings. The van der Waals surface area contributed by atoms with Crippen LogP contribution < -0.4 is 15.4 Å². The van der Waals surface area contributed by atoms with Crippen molar-refractivity contribution in [3.8, 4) is 0 Å². The molecule has 0 atom stereocenters. The molecule has 0 fully saturated rings. The van der Waals surface area contributed by atoms with Gasteiger partial charge in [-0.15, -0.1) is 24.0 Å². The minimum absolute atomic E-state index is 0. The summed E-state index contributed by atoms with van der Waals surface area (Å²) in [6, 6.07) is 3.78. The van der Waals surface area contributed by atoms with E-state index in [-0.39, 0.29) is 29.7 Å². The first-order chi connectivity index (χ1) is 10.1. The molecule has 0 aliphatic heterocycles. The lowest BCUT2D eigenvalue weighted by Gasteiger charge is -2.10. The van der Waals surface area contributed by atoms with Crippen LogP contribution in [0, 0.1) is 0 Å². The largest absolute Gasteiger partial charge is 0.469 e. The van der Waals surface area contributed by atoms with Crippen molar-refractivity contribution in [1.29, 1.82) is 0 Å².